The summed E-state index contributed by atoms with van der Waals surface area (Å²) in [5.41, 5.74) is 3.87. The van der Waals surface area contributed by atoms with Crippen molar-refractivity contribution in [3.05, 3.63) is 71.8 Å². The number of aryl methyl sites for hydroxylation is 2. The molecular weight excluding hydrogens is 328 g/mol. The highest BCUT2D eigenvalue weighted by Gasteiger charge is 2.11. The molecule has 0 saturated heterocycles. The van der Waals surface area contributed by atoms with Crippen molar-refractivity contribution in [2.45, 2.75) is 13.8 Å². The third-order valence-corrected chi connectivity index (χ3v) is 4.41. The Morgan fingerprint density at radius 1 is 0.846 bits per heavy atom. The molecule has 26 heavy (non-hydrogen) atoms. The van der Waals surface area contributed by atoms with Crippen LogP contribution in [0.25, 0.3) is 21.9 Å². The highest BCUT2D eigenvalue weighted by molar-refractivity contribution is 6.05. The van der Waals surface area contributed by atoms with Crippen molar-refractivity contribution < 1.29 is 18.7 Å². The summed E-state index contributed by atoms with van der Waals surface area (Å²) in [6.07, 6.45) is 0. The lowest BCUT2D eigenvalue weighted by molar-refractivity contribution is -0.136. The van der Waals surface area contributed by atoms with Crippen molar-refractivity contribution in [2.75, 3.05) is 6.61 Å². The predicted molar refractivity (Wildman–Crippen MR) is 101 cm³/mol. The number of para-hydroxylation sites is 1. The third-order valence-electron chi connectivity index (χ3n) is 4.41. The molecule has 1 aromatic heterocycles. The number of carbonyl (C=O) groups excluding carboxylic acids is 1. The number of furan rings is 1. The molecule has 0 amide bonds. The normalized spacial score (nSPS) is 11.0. The van der Waals surface area contributed by atoms with Crippen LogP contribution in [-0.4, -0.2) is 12.6 Å². The molecule has 0 aliphatic carbocycles. The molecule has 1 heterocycles. The maximum absolute atomic E-state index is 12.1. The van der Waals surface area contributed by atoms with Gasteiger partial charge in [0.15, 0.2) is 6.61 Å². The number of fused-ring (bicyclic) bond motifs is 3. The first-order valence-corrected chi connectivity index (χ1v) is 8.42. The van der Waals surface area contributed by atoms with Crippen LogP contribution in [0.15, 0.2) is 65.1 Å². The standard InChI is InChI=1S/C22H18O4/c1-14-7-8-16(11-15(14)2)24-13-22(23)25-17-9-10-21-19(12-17)18-5-3-4-6-20(18)26-21/h3-12H,13H2,1-2H3. The quantitative estimate of drug-likeness (QED) is 0.377. The van der Waals surface area contributed by atoms with Crippen LogP contribution in [-0.2, 0) is 4.79 Å². The highest BCUT2D eigenvalue weighted by Crippen LogP contribution is 2.31. The Hall–Kier alpha value is -3.27. The van der Waals surface area contributed by atoms with Crippen molar-refractivity contribution >= 4 is 27.9 Å². The van der Waals surface area contributed by atoms with Gasteiger partial charge in [0.1, 0.15) is 22.7 Å². The molecule has 0 N–H and O–H groups in total. The van der Waals surface area contributed by atoms with Gasteiger partial charge in [-0.05, 0) is 61.4 Å². The van der Waals surface area contributed by atoms with Crippen molar-refractivity contribution in [3.8, 4) is 11.5 Å². The van der Waals surface area contributed by atoms with E-state index in [-0.39, 0.29) is 6.61 Å². The van der Waals surface area contributed by atoms with Gasteiger partial charge in [0.05, 0.1) is 0 Å². The molecule has 4 heteroatoms. The largest absolute Gasteiger partial charge is 0.482 e. The molecule has 4 aromatic rings. The Labute approximate surface area is 150 Å². The molecule has 0 unspecified atom stereocenters. The molecule has 0 aliphatic rings. The topological polar surface area (TPSA) is 48.7 Å². The van der Waals surface area contributed by atoms with Crippen LogP contribution < -0.4 is 9.47 Å². The summed E-state index contributed by atoms with van der Waals surface area (Å²) in [6, 6.07) is 18.8. The Morgan fingerprint density at radius 3 is 2.46 bits per heavy atom. The van der Waals surface area contributed by atoms with Crippen LogP contribution in [0, 0.1) is 13.8 Å². The van der Waals surface area contributed by atoms with Crippen LogP contribution in [0.2, 0.25) is 0 Å². The van der Waals surface area contributed by atoms with Gasteiger partial charge in [-0.25, -0.2) is 4.79 Å². The van der Waals surface area contributed by atoms with Gasteiger partial charge in [0.2, 0.25) is 0 Å². The second-order valence-electron chi connectivity index (χ2n) is 6.26. The van der Waals surface area contributed by atoms with Crippen LogP contribution in [0.3, 0.4) is 0 Å². The number of rotatable bonds is 4. The molecule has 0 fully saturated rings. The molecule has 0 bridgehead atoms. The molecule has 4 nitrogen and oxygen atoms in total. The number of benzene rings is 3. The molecule has 0 atom stereocenters. The monoisotopic (exact) mass is 346 g/mol. The lowest BCUT2D eigenvalue weighted by Gasteiger charge is -2.08. The Kier molecular flexibility index (Phi) is 4.09. The van der Waals surface area contributed by atoms with E-state index in [4.69, 9.17) is 13.9 Å². The molecule has 130 valence electrons. The van der Waals surface area contributed by atoms with E-state index in [1.54, 1.807) is 6.07 Å². The van der Waals surface area contributed by atoms with E-state index < -0.39 is 5.97 Å². The zero-order valence-electron chi connectivity index (χ0n) is 14.6. The fourth-order valence-electron chi connectivity index (χ4n) is 2.88. The first kappa shape index (κ1) is 16.2. The van der Waals surface area contributed by atoms with Crippen molar-refractivity contribution in [1.29, 1.82) is 0 Å². The summed E-state index contributed by atoms with van der Waals surface area (Å²) in [5.74, 6) is 0.675. The average molecular weight is 346 g/mol. The van der Waals surface area contributed by atoms with E-state index in [2.05, 4.69) is 0 Å². The second-order valence-corrected chi connectivity index (χ2v) is 6.26. The number of hydrogen-bond donors (Lipinski definition) is 0. The van der Waals surface area contributed by atoms with Crippen LogP contribution in [0.4, 0.5) is 0 Å². The van der Waals surface area contributed by atoms with Gasteiger partial charge in [0.25, 0.3) is 0 Å². The molecular formula is C22H18O4. The van der Waals surface area contributed by atoms with E-state index >= 15 is 0 Å². The van der Waals surface area contributed by atoms with Gasteiger partial charge in [-0.2, -0.15) is 0 Å². The SMILES string of the molecule is Cc1ccc(OCC(=O)Oc2ccc3oc4ccccc4c3c2)cc1C. The Bertz CT molecular complexity index is 1110. The summed E-state index contributed by atoms with van der Waals surface area (Å²) in [4.78, 5) is 12.1. The summed E-state index contributed by atoms with van der Waals surface area (Å²) in [6.45, 7) is 3.89. The Balaban J connectivity index is 1.48. The Morgan fingerprint density at radius 2 is 1.62 bits per heavy atom. The number of ether oxygens (including phenoxy) is 2. The first-order chi connectivity index (χ1) is 12.6. The fraction of sp³-hybridized carbons (Fsp3) is 0.136. The van der Waals surface area contributed by atoms with E-state index in [1.165, 1.54) is 5.56 Å². The number of hydrogen-bond acceptors (Lipinski definition) is 4. The van der Waals surface area contributed by atoms with Crippen molar-refractivity contribution in [1.82, 2.24) is 0 Å². The zero-order chi connectivity index (χ0) is 18.1. The average Bonchev–Trinajstić information content (AvgIpc) is 3.01. The smallest absolute Gasteiger partial charge is 0.349 e. The minimum absolute atomic E-state index is 0.146. The summed E-state index contributed by atoms with van der Waals surface area (Å²) >= 11 is 0. The van der Waals surface area contributed by atoms with Crippen LogP contribution in [0.1, 0.15) is 11.1 Å². The van der Waals surface area contributed by atoms with Crippen molar-refractivity contribution in [2.24, 2.45) is 0 Å². The van der Waals surface area contributed by atoms with Gasteiger partial charge in [-0.15, -0.1) is 0 Å². The summed E-state index contributed by atoms with van der Waals surface area (Å²) < 4.78 is 16.7. The predicted octanol–water partition coefficient (Wildman–Crippen LogP) is 5.19. The molecule has 0 saturated carbocycles. The summed E-state index contributed by atoms with van der Waals surface area (Å²) in [5, 5.41) is 1.91. The van der Waals surface area contributed by atoms with Gasteiger partial charge >= 0.3 is 5.97 Å². The van der Waals surface area contributed by atoms with Crippen molar-refractivity contribution in [3.63, 3.8) is 0 Å². The zero-order valence-corrected chi connectivity index (χ0v) is 14.6. The van der Waals surface area contributed by atoms with Crippen LogP contribution >= 0.6 is 0 Å². The van der Waals surface area contributed by atoms with Gasteiger partial charge in [-0.3, -0.25) is 0 Å². The van der Waals surface area contributed by atoms with Gasteiger partial charge < -0.3 is 13.9 Å². The van der Waals surface area contributed by atoms with Crippen LogP contribution in [0.5, 0.6) is 11.5 Å². The fourth-order valence-corrected chi connectivity index (χ4v) is 2.88. The highest BCUT2D eigenvalue weighted by atomic mass is 16.6. The lowest BCUT2D eigenvalue weighted by atomic mass is 10.1. The van der Waals surface area contributed by atoms with Gasteiger partial charge in [0, 0.05) is 10.8 Å². The second kappa shape index (κ2) is 6.56. The minimum atomic E-state index is -0.449. The van der Waals surface area contributed by atoms with Gasteiger partial charge in [-0.1, -0.05) is 24.3 Å². The number of carbonyl (C=O) groups is 1. The minimum Gasteiger partial charge on any atom is -0.482 e. The third kappa shape index (κ3) is 3.14. The molecule has 0 spiro atoms. The molecule has 3 aromatic carbocycles. The molecule has 0 aliphatic heterocycles. The first-order valence-electron chi connectivity index (χ1n) is 8.42. The number of esters is 1. The summed E-state index contributed by atoms with van der Waals surface area (Å²) in [7, 11) is 0. The lowest BCUT2D eigenvalue weighted by Crippen LogP contribution is -2.17. The maximum Gasteiger partial charge on any atom is 0.349 e. The molecule has 4 rings (SSSR count). The van der Waals surface area contributed by atoms with E-state index in [0.29, 0.717) is 11.5 Å². The maximum atomic E-state index is 12.1. The van der Waals surface area contributed by atoms with E-state index in [0.717, 1.165) is 27.5 Å². The molecule has 0 radical (unpaired) electrons. The van der Waals surface area contributed by atoms with E-state index in [9.17, 15) is 4.79 Å². The van der Waals surface area contributed by atoms with E-state index in [1.807, 2.05) is 68.4 Å².